The number of fused-ring (bicyclic) bond motifs is 1. The molecule has 1 fully saturated rings. The normalized spacial score (nSPS) is 19.2. The predicted molar refractivity (Wildman–Crippen MR) is 119 cm³/mol. The van der Waals surface area contributed by atoms with Gasteiger partial charge in [-0.05, 0) is 61.6 Å². The lowest BCUT2D eigenvalue weighted by Gasteiger charge is -2.17. The SMILES string of the molecule is N#Cc1cc2c(nc1SC1CC(=O)N(c3ccc(S(N)(=O)=O)cc3)C1=O)CCCCCC2. The largest absolute Gasteiger partial charge is 0.274 e. The van der Waals surface area contributed by atoms with Crippen LogP contribution in [-0.4, -0.2) is 30.5 Å². The minimum atomic E-state index is -3.87. The monoisotopic (exact) mass is 470 g/mol. The molecule has 4 rings (SSSR count). The maximum atomic E-state index is 13.0. The average molecular weight is 471 g/mol. The Bertz CT molecular complexity index is 1220. The van der Waals surface area contributed by atoms with Gasteiger partial charge in [0.15, 0.2) is 0 Å². The van der Waals surface area contributed by atoms with Crippen LogP contribution in [0.5, 0.6) is 0 Å². The van der Waals surface area contributed by atoms with Gasteiger partial charge in [-0.2, -0.15) is 5.26 Å². The number of aryl methyl sites for hydroxylation is 2. The number of hydrogen-bond donors (Lipinski definition) is 1. The number of primary sulfonamides is 1. The van der Waals surface area contributed by atoms with Crippen molar-refractivity contribution in [1.82, 2.24) is 4.98 Å². The first-order valence-corrected chi connectivity index (χ1v) is 12.8. The summed E-state index contributed by atoms with van der Waals surface area (Å²) in [6.45, 7) is 0. The first-order valence-electron chi connectivity index (χ1n) is 10.4. The second kappa shape index (κ2) is 9.02. The zero-order chi connectivity index (χ0) is 22.9. The molecule has 10 heteroatoms. The number of imide groups is 1. The second-order valence-corrected chi connectivity index (χ2v) is 10.6. The standard InChI is InChI=1S/C22H22N4O4S2/c23-13-15-11-14-5-3-1-2-4-6-18(14)25-21(15)31-19-12-20(27)26(22(19)28)16-7-9-17(10-8-16)32(24,29)30/h7-11,19H,1-6,12H2,(H2,24,29,30). The Hall–Kier alpha value is -2.74. The van der Waals surface area contributed by atoms with Crippen LogP contribution in [0, 0.1) is 11.3 Å². The molecule has 1 aromatic carbocycles. The van der Waals surface area contributed by atoms with Crippen LogP contribution in [0.25, 0.3) is 0 Å². The fourth-order valence-electron chi connectivity index (χ4n) is 4.03. The van der Waals surface area contributed by atoms with Crippen molar-refractivity contribution in [2.24, 2.45) is 5.14 Å². The van der Waals surface area contributed by atoms with Crippen molar-refractivity contribution in [2.45, 2.75) is 60.1 Å². The van der Waals surface area contributed by atoms with Crippen LogP contribution < -0.4 is 10.0 Å². The molecular formula is C22H22N4O4S2. The Kier molecular flexibility index (Phi) is 6.33. The molecule has 0 spiro atoms. The van der Waals surface area contributed by atoms with Crippen LogP contribution in [0.3, 0.4) is 0 Å². The lowest BCUT2D eigenvalue weighted by molar-refractivity contribution is -0.121. The van der Waals surface area contributed by atoms with Crippen molar-refractivity contribution in [3.05, 3.63) is 47.2 Å². The number of nitriles is 1. The summed E-state index contributed by atoms with van der Waals surface area (Å²) in [5, 5.41) is 14.5. The first kappa shape index (κ1) is 22.5. The van der Waals surface area contributed by atoms with Gasteiger partial charge in [-0.15, -0.1) is 0 Å². The summed E-state index contributed by atoms with van der Waals surface area (Å²) in [4.78, 5) is 31.3. The van der Waals surface area contributed by atoms with E-state index < -0.39 is 21.2 Å². The Balaban J connectivity index is 1.58. The lowest BCUT2D eigenvalue weighted by Crippen LogP contribution is -2.31. The van der Waals surface area contributed by atoms with Crippen molar-refractivity contribution in [2.75, 3.05) is 4.90 Å². The first-order chi connectivity index (χ1) is 15.3. The lowest BCUT2D eigenvalue weighted by atomic mass is 9.96. The molecule has 2 heterocycles. The van der Waals surface area contributed by atoms with Crippen LogP contribution in [0.2, 0.25) is 0 Å². The van der Waals surface area contributed by atoms with E-state index in [4.69, 9.17) is 10.1 Å². The Morgan fingerprint density at radius 1 is 1.09 bits per heavy atom. The molecule has 8 nitrogen and oxygen atoms in total. The molecule has 1 atom stereocenters. The van der Waals surface area contributed by atoms with Crippen molar-refractivity contribution in [3.63, 3.8) is 0 Å². The van der Waals surface area contributed by atoms with Gasteiger partial charge in [-0.3, -0.25) is 9.59 Å². The molecule has 0 radical (unpaired) electrons. The Labute approximate surface area is 190 Å². The number of aromatic nitrogens is 1. The summed E-state index contributed by atoms with van der Waals surface area (Å²) < 4.78 is 22.9. The third-order valence-corrected chi connectivity index (χ3v) is 7.79. The van der Waals surface area contributed by atoms with Gasteiger partial charge in [0.1, 0.15) is 11.1 Å². The number of hydrogen-bond acceptors (Lipinski definition) is 7. The summed E-state index contributed by atoms with van der Waals surface area (Å²) in [5.41, 5.74) is 2.77. The number of anilines is 1. The molecule has 2 N–H and O–H groups in total. The number of carbonyl (C=O) groups excluding carboxylic acids is 2. The third kappa shape index (κ3) is 4.55. The van der Waals surface area contributed by atoms with Gasteiger partial charge in [0.2, 0.25) is 21.8 Å². The number of benzene rings is 1. The fourth-order valence-corrected chi connectivity index (χ4v) is 5.64. The van der Waals surface area contributed by atoms with Gasteiger partial charge >= 0.3 is 0 Å². The average Bonchev–Trinajstić information content (AvgIpc) is 3.01. The van der Waals surface area contributed by atoms with Crippen molar-refractivity contribution in [1.29, 1.82) is 5.26 Å². The molecule has 2 aliphatic rings. The molecule has 1 unspecified atom stereocenters. The highest BCUT2D eigenvalue weighted by Gasteiger charge is 2.41. The fraction of sp³-hybridized carbons (Fsp3) is 0.364. The smallest absolute Gasteiger partial charge is 0.247 e. The summed E-state index contributed by atoms with van der Waals surface area (Å²) in [6.07, 6.45) is 6.15. The molecule has 0 bridgehead atoms. The van der Waals surface area contributed by atoms with E-state index in [1.807, 2.05) is 6.07 Å². The molecule has 1 aromatic heterocycles. The minimum absolute atomic E-state index is 0.0237. The topological polar surface area (TPSA) is 134 Å². The molecule has 1 aliphatic heterocycles. The van der Waals surface area contributed by atoms with E-state index >= 15 is 0 Å². The zero-order valence-electron chi connectivity index (χ0n) is 17.3. The van der Waals surface area contributed by atoms with E-state index in [-0.39, 0.29) is 22.9 Å². The number of amides is 2. The van der Waals surface area contributed by atoms with Gasteiger partial charge < -0.3 is 0 Å². The molecule has 32 heavy (non-hydrogen) atoms. The van der Waals surface area contributed by atoms with Crippen molar-refractivity contribution in [3.8, 4) is 6.07 Å². The predicted octanol–water partition coefficient (Wildman–Crippen LogP) is 2.68. The van der Waals surface area contributed by atoms with Gasteiger partial charge in [0, 0.05) is 12.1 Å². The zero-order valence-corrected chi connectivity index (χ0v) is 18.9. The molecule has 166 valence electrons. The van der Waals surface area contributed by atoms with E-state index in [2.05, 4.69) is 6.07 Å². The van der Waals surface area contributed by atoms with Crippen LogP contribution >= 0.6 is 11.8 Å². The molecule has 0 saturated carbocycles. The molecular weight excluding hydrogens is 448 g/mol. The van der Waals surface area contributed by atoms with E-state index in [0.29, 0.717) is 10.6 Å². The summed E-state index contributed by atoms with van der Waals surface area (Å²) >= 11 is 1.14. The summed E-state index contributed by atoms with van der Waals surface area (Å²) in [6, 6.07) is 9.34. The van der Waals surface area contributed by atoms with Gasteiger partial charge in [-0.1, -0.05) is 24.6 Å². The number of sulfonamides is 1. The summed E-state index contributed by atoms with van der Waals surface area (Å²) in [5.74, 6) is -0.804. The highest BCUT2D eigenvalue weighted by atomic mass is 32.2. The number of rotatable bonds is 4. The highest BCUT2D eigenvalue weighted by Crippen LogP contribution is 2.36. The van der Waals surface area contributed by atoms with Gasteiger partial charge in [0.25, 0.3) is 0 Å². The van der Waals surface area contributed by atoms with Gasteiger partial charge in [-0.25, -0.2) is 23.4 Å². The van der Waals surface area contributed by atoms with Gasteiger partial charge in [0.05, 0.1) is 21.4 Å². The quantitative estimate of drug-likeness (QED) is 0.679. The van der Waals surface area contributed by atoms with Crippen LogP contribution in [0.1, 0.15) is 48.9 Å². The minimum Gasteiger partial charge on any atom is -0.274 e. The Morgan fingerprint density at radius 2 is 1.78 bits per heavy atom. The Morgan fingerprint density at radius 3 is 2.44 bits per heavy atom. The van der Waals surface area contributed by atoms with Crippen molar-refractivity contribution >= 4 is 39.3 Å². The van der Waals surface area contributed by atoms with E-state index in [1.54, 1.807) is 0 Å². The van der Waals surface area contributed by atoms with Crippen LogP contribution in [0.15, 0.2) is 40.3 Å². The van der Waals surface area contributed by atoms with E-state index in [0.717, 1.165) is 60.0 Å². The maximum absolute atomic E-state index is 13.0. The highest BCUT2D eigenvalue weighted by molar-refractivity contribution is 8.00. The van der Waals surface area contributed by atoms with E-state index in [1.165, 1.54) is 30.7 Å². The molecule has 2 amide bonds. The number of pyridine rings is 1. The maximum Gasteiger partial charge on any atom is 0.247 e. The number of nitrogens with two attached hydrogens (primary N) is 1. The van der Waals surface area contributed by atoms with Crippen molar-refractivity contribution < 1.29 is 18.0 Å². The molecule has 1 aliphatic carbocycles. The molecule has 2 aromatic rings. The number of thioether (sulfide) groups is 1. The van der Waals surface area contributed by atoms with E-state index in [9.17, 15) is 23.3 Å². The number of carbonyl (C=O) groups is 2. The van der Waals surface area contributed by atoms with Crippen LogP contribution in [0.4, 0.5) is 5.69 Å². The molecule has 1 saturated heterocycles. The summed E-state index contributed by atoms with van der Waals surface area (Å²) in [7, 11) is -3.87. The third-order valence-electron chi connectivity index (χ3n) is 5.67. The second-order valence-electron chi connectivity index (χ2n) is 7.89. The number of nitrogens with zero attached hydrogens (tertiary/aromatic N) is 3. The van der Waals surface area contributed by atoms with Crippen LogP contribution in [-0.2, 0) is 32.5 Å².